The van der Waals surface area contributed by atoms with Crippen LogP contribution in [0, 0.1) is 0 Å². The van der Waals surface area contributed by atoms with Crippen molar-refractivity contribution in [2.75, 3.05) is 12.4 Å². The second-order valence-corrected chi connectivity index (χ2v) is 6.88. The number of carbonyl (C=O) groups is 2. The van der Waals surface area contributed by atoms with Crippen molar-refractivity contribution in [1.29, 1.82) is 0 Å². The lowest BCUT2D eigenvalue weighted by Crippen LogP contribution is -2.27. The average molecular weight is 342 g/mol. The highest BCUT2D eigenvalue weighted by Crippen LogP contribution is 2.35. The van der Waals surface area contributed by atoms with Gasteiger partial charge in [0.05, 0.1) is 18.0 Å². The first-order chi connectivity index (χ1) is 11.6. The van der Waals surface area contributed by atoms with E-state index in [1.807, 2.05) is 37.3 Å². The van der Waals surface area contributed by atoms with Crippen molar-refractivity contribution in [3.8, 4) is 5.75 Å². The smallest absolute Gasteiger partial charge is 0.251 e. The van der Waals surface area contributed by atoms with Crippen LogP contribution in [0.25, 0.3) is 0 Å². The van der Waals surface area contributed by atoms with E-state index in [-0.39, 0.29) is 17.1 Å². The number of ether oxygens (including phenoxy) is 1. The van der Waals surface area contributed by atoms with E-state index in [0.29, 0.717) is 17.8 Å². The zero-order valence-electron chi connectivity index (χ0n) is 13.5. The molecule has 2 N–H and O–H groups in total. The summed E-state index contributed by atoms with van der Waals surface area (Å²) in [6.45, 7) is 2.27. The topological polar surface area (TPSA) is 67.4 Å². The van der Waals surface area contributed by atoms with Gasteiger partial charge in [-0.2, -0.15) is 0 Å². The van der Waals surface area contributed by atoms with E-state index in [0.717, 1.165) is 16.2 Å². The van der Waals surface area contributed by atoms with Gasteiger partial charge in [0.25, 0.3) is 5.91 Å². The van der Waals surface area contributed by atoms with Crippen molar-refractivity contribution >= 4 is 29.3 Å². The van der Waals surface area contributed by atoms with Crippen molar-refractivity contribution in [3.63, 3.8) is 0 Å². The van der Waals surface area contributed by atoms with Gasteiger partial charge >= 0.3 is 0 Å². The molecule has 2 aromatic carbocycles. The van der Waals surface area contributed by atoms with Crippen molar-refractivity contribution in [1.82, 2.24) is 5.32 Å². The summed E-state index contributed by atoms with van der Waals surface area (Å²) >= 11 is 1.50. The number of benzene rings is 2. The Morgan fingerprint density at radius 1 is 1.29 bits per heavy atom. The third-order valence-electron chi connectivity index (χ3n) is 3.76. The highest BCUT2D eigenvalue weighted by Gasteiger charge is 2.23. The van der Waals surface area contributed by atoms with E-state index in [1.165, 1.54) is 11.8 Å². The van der Waals surface area contributed by atoms with E-state index >= 15 is 0 Å². The lowest BCUT2D eigenvalue weighted by Gasteiger charge is -2.21. The van der Waals surface area contributed by atoms with Gasteiger partial charge in [-0.25, -0.2) is 0 Å². The minimum atomic E-state index is -0.182. The molecule has 0 saturated heterocycles. The first-order valence-electron chi connectivity index (χ1n) is 7.59. The van der Waals surface area contributed by atoms with Crippen LogP contribution >= 0.6 is 11.8 Å². The fraction of sp³-hybridized carbons (Fsp3) is 0.222. The monoisotopic (exact) mass is 342 g/mol. The Balaban J connectivity index is 1.69. The molecule has 3 rings (SSSR count). The minimum absolute atomic E-state index is 0.0403. The molecule has 1 atom stereocenters. The molecule has 0 bridgehead atoms. The van der Waals surface area contributed by atoms with Crippen LogP contribution in [-0.4, -0.2) is 24.2 Å². The summed E-state index contributed by atoms with van der Waals surface area (Å²) in [5.74, 6) is 0.532. The van der Waals surface area contributed by atoms with Crippen LogP contribution < -0.4 is 15.4 Å². The molecule has 0 spiro atoms. The summed E-state index contributed by atoms with van der Waals surface area (Å²) in [4.78, 5) is 25.1. The number of hydrogen-bond acceptors (Lipinski definition) is 4. The van der Waals surface area contributed by atoms with E-state index < -0.39 is 0 Å². The number of thioether (sulfide) groups is 1. The molecule has 0 fully saturated rings. The number of nitrogens with one attached hydrogen (secondary N) is 2. The molecule has 0 saturated carbocycles. The molecule has 2 aromatic rings. The standard InChI is InChI=1S/C18H18N2O3S/c1-11-17(21)20-15-9-13(6-7-16(15)24-11)18(22)19-10-12-4-3-5-14(8-12)23-2/h3-9,11H,10H2,1-2H3,(H,19,22)(H,20,21). The zero-order chi connectivity index (χ0) is 17.1. The molecule has 0 aliphatic carbocycles. The summed E-state index contributed by atoms with van der Waals surface area (Å²) in [6, 6.07) is 12.9. The van der Waals surface area contributed by atoms with Crippen LogP contribution in [0.2, 0.25) is 0 Å². The third kappa shape index (κ3) is 3.54. The van der Waals surface area contributed by atoms with Crippen molar-refractivity contribution < 1.29 is 14.3 Å². The van der Waals surface area contributed by atoms with Crippen LogP contribution in [0.5, 0.6) is 5.75 Å². The van der Waals surface area contributed by atoms with E-state index in [1.54, 1.807) is 19.2 Å². The Bertz CT molecular complexity index is 792. The van der Waals surface area contributed by atoms with Crippen LogP contribution in [0.3, 0.4) is 0 Å². The van der Waals surface area contributed by atoms with Crippen molar-refractivity contribution in [2.45, 2.75) is 23.6 Å². The molecular weight excluding hydrogens is 324 g/mol. The normalized spacial score (nSPS) is 16.1. The van der Waals surface area contributed by atoms with E-state index in [2.05, 4.69) is 10.6 Å². The molecule has 2 amide bonds. The van der Waals surface area contributed by atoms with Crippen molar-refractivity contribution in [3.05, 3.63) is 53.6 Å². The van der Waals surface area contributed by atoms with Crippen LogP contribution in [0.4, 0.5) is 5.69 Å². The van der Waals surface area contributed by atoms with Crippen LogP contribution in [-0.2, 0) is 11.3 Å². The van der Waals surface area contributed by atoms with Gasteiger partial charge < -0.3 is 15.4 Å². The first-order valence-corrected chi connectivity index (χ1v) is 8.47. The fourth-order valence-corrected chi connectivity index (χ4v) is 3.35. The van der Waals surface area contributed by atoms with Gasteiger partial charge in [0.2, 0.25) is 5.91 Å². The summed E-state index contributed by atoms with van der Waals surface area (Å²) in [7, 11) is 1.61. The Morgan fingerprint density at radius 2 is 2.12 bits per heavy atom. The third-order valence-corrected chi connectivity index (χ3v) is 4.94. The Labute approximate surface area is 144 Å². The number of methoxy groups -OCH3 is 1. The van der Waals surface area contributed by atoms with Gasteiger partial charge in [0.15, 0.2) is 0 Å². The zero-order valence-corrected chi connectivity index (χ0v) is 14.3. The van der Waals surface area contributed by atoms with Gasteiger partial charge in [0.1, 0.15) is 5.75 Å². The fourth-order valence-electron chi connectivity index (χ4n) is 2.42. The molecule has 0 radical (unpaired) electrons. The first kappa shape index (κ1) is 16.4. The minimum Gasteiger partial charge on any atom is -0.497 e. The molecule has 1 aliphatic heterocycles. The SMILES string of the molecule is COc1cccc(CNC(=O)c2ccc3c(c2)NC(=O)C(C)S3)c1. The number of amides is 2. The largest absolute Gasteiger partial charge is 0.497 e. The highest BCUT2D eigenvalue weighted by atomic mass is 32.2. The van der Waals surface area contributed by atoms with Gasteiger partial charge in [-0.15, -0.1) is 11.8 Å². The van der Waals surface area contributed by atoms with Crippen molar-refractivity contribution in [2.24, 2.45) is 0 Å². The molecule has 6 heteroatoms. The number of rotatable bonds is 4. The molecule has 1 unspecified atom stereocenters. The number of hydrogen-bond donors (Lipinski definition) is 2. The quantitative estimate of drug-likeness (QED) is 0.896. The molecular formula is C18H18N2O3S. The Hall–Kier alpha value is -2.47. The summed E-state index contributed by atoms with van der Waals surface area (Å²) in [6.07, 6.45) is 0. The second-order valence-electron chi connectivity index (χ2n) is 5.49. The van der Waals surface area contributed by atoms with Gasteiger partial charge in [-0.05, 0) is 42.8 Å². The van der Waals surface area contributed by atoms with Crippen LogP contribution in [0.1, 0.15) is 22.8 Å². The molecule has 124 valence electrons. The number of carbonyl (C=O) groups excluding carboxylic acids is 2. The predicted octanol–water partition coefficient (Wildman–Crippen LogP) is 3.06. The maximum Gasteiger partial charge on any atom is 0.251 e. The summed E-state index contributed by atoms with van der Waals surface area (Å²) < 4.78 is 5.17. The average Bonchev–Trinajstić information content (AvgIpc) is 2.60. The predicted molar refractivity (Wildman–Crippen MR) is 94.6 cm³/mol. The Morgan fingerprint density at radius 3 is 2.92 bits per heavy atom. The van der Waals surface area contributed by atoms with E-state index in [9.17, 15) is 9.59 Å². The second kappa shape index (κ2) is 6.97. The van der Waals surface area contributed by atoms with E-state index in [4.69, 9.17) is 4.74 Å². The number of fused-ring (bicyclic) bond motifs is 1. The number of anilines is 1. The lowest BCUT2D eigenvalue weighted by atomic mass is 10.1. The molecule has 1 heterocycles. The summed E-state index contributed by atoms with van der Waals surface area (Å²) in [5, 5.41) is 5.60. The summed E-state index contributed by atoms with van der Waals surface area (Å²) in [5.41, 5.74) is 2.17. The lowest BCUT2D eigenvalue weighted by molar-refractivity contribution is -0.115. The maximum absolute atomic E-state index is 12.3. The molecule has 5 nitrogen and oxygen atoms in total. The van der Waals surface area contributed by atoms with Gasteiger partial charge in [-0.3, -0.25) is 9.59 Å². The van der Waals surface area contributed by atoms with Crippen LogP contribution in [0.15, 0.2) is 47.4 Å². The van der Waals surface area contributed by atoms with Gasteiger partial charge in [0, 0.05) is 17.0 Å². The maximum atomic E-state index is 12.3. The molecule has 1 aliphatic rings. The van der Waals surface area contributed by atoms with Gasteiger partial charge in [-0.1, -0.05) is 12.1 Å². The molecule has 0 aromatic heterocycles. The highest BCUT2D eigenvalue weighted by molar-refractivity contribution is 8.00. The molecule has 24 heavy (non-hydrogen) atoms. The Kier molecular flexibility index (Phi) is 4.76.